The number of nitrogens with one attached hydrogen (secondary N) is 1. The Morgan fingerprint density at radius 2 is 1.76 bits per heavy atom. The van der Waals surface area contributed by atoms with E-state index < -0.39 is 17.4 Å². The van der Waals surface area contributed by atoms with Crippen molar-refractivity contribution in [1.29, 1.82) is 0 Å². The molecule has 1 aromatic rings. The number of carbonyl (C=O) groups excluding carboxylic acids is 2. The van der Waals surface area contributed by atoms with Crippen molar-refractivity contribution in [3.05, 3.63) is 29.8 Å². The van der Waals surface area contributed by atoms with Crippen molar-refractivity contribution < 1.29 is 19.5 Å². The van der Waals surface area contributed by atoms with Crippen molar-refractivity contribution >= 4 is 23.3 Å². The number of ketones is 1. The smallest absolute Gasteiger partial charge is 0.329 e. The number of anilines is 1. The molecule has 0 spiro atoms. The molecular formula is C19H26N2O4. The minimum Gasteiger partial charge on any atom is -0.480 e. The molecule has 1 aliphatic heterocycles. The first-order valence-corrected chi connectivity index (χ1v) is 8.64. The van der Waals surface area contributed by atoms with Crippen LogP contribution in [0.5, 0.6) is 0 Å². The third-order valence-corrected chi connectivity index (χ3v) is 4.49. The van der Waals surface area contributed by atoms with Crippen LogP contribution in [0.1, 0.15) is 50.4 Å². The second kappa shape index (κ2) is 7.68. The van der Waals surface area contributed by atoms with Gasteiger partial charge in [0.05, 0.1) is 0 Å². The molecule has 1 aliphatic rings. The molecule has 2 N–H and O–H groups in total. The topological polar surface area (TPSA) is 86.7 Å². The highest BCUT2D eigenvalue weighted by Gasteiger charge is 2.35. The Balaban J connectivity index is 2.06. The lowest BCUT2D eigenvalue weighted by Gasteiger charge is -2.29. The number of carboxylic acid groups (broad SMARTS) is 1. The van der Waals surface area contributed by atoms with Gasteiger partial charge in [0.1, 0.15) is 11.3 Å². The summed E-state index contributed by atoms with van der Waals surface area (Å²) in [5.41, 5.74) is 0.0947. The highest BCUT2D eigenvalue weighted by Crippen LogP contribution is 2.21. The van der Waals surface area contributed by atoms with E-state index in [1.807, 2.05) is 26.0 Å². The summed E-state index contributed by atoms with van der Waals surface area (Å²) in [6, 6.07) is 7.06. The highest BCUT2D eigenvalue weighted by atomic mass is 16.4. The SMILES string of the molecule is CC(C)C[C@](C)(NC(=O)c1ccc(N2CCC(=O)CC2)cc1)C(=O)O. The van der Waals surface area contributed by atoms with Crippen LogP contribution in [0.3, 0.4) is 0 Å². The molecule has 1 aromatic carbocycles. The maximum absolute atomic E-state index is 12.4. The molecule has 0 aromatic heterocycles. The van der Waals surface area contributed by atoms with Gasteiger partial charge < -0.3 is 15.3 Å². The first kappa shape index (κ1) is 19.0. The largest absolute Gasteiger partial charge is 0.480 e. The molecule has 6 heteroatoms. The van der Waals surface area contributed by atoms with Crippen LogP contribution in [0.4, 0.5) is 5.69 Å². The van der Waals surface area contributed by atoms with Gasteiger partial charge in [0.25, 0.3) is 5.91 Å². The summed E-state index contributed by atoms with van der Waals surface area (Å²) >= 11 is 0. The van der Waals surface area contributed by atoms with Gasteiger partial charge in [-0.2, -0.15) is 0 Å². The zero-order valence-electron chi connectivity index (χ0n) is 15.0. The van der Waals surface area contributed by atoms with E-state index in [4.69, 9.17) is 0 Å². The van der Waals surface area contributed by atoms with Gasteiger partial charge in [-0.3, -0.25) is 9.59 Å². The molecule has 1 amide bonds. The normalized spacial score (nSPS) is 17.3. The van der Waals surface area contributed by atoms with Gasteiger partial charge in [0, 0.05) is 37.2 Å². The number of aliphatic carboxylic acids is 1. The van der Waals surface area contributed by atoms with Crippen molar-refractivity contribution in [3.63, 3.8) is 0 Å². The van der Waals surface area contributed by atoms with E-state index in [0.29, 0.717) is 37.9 Å². The molecule has 136 valence electrons. The molecule has 0 bridgehead atoms. The van der Waals surface area contributed by atoms with Crippen LogP contribution in [0.15, 0.2) is 24.3 Å². The van der Waals surface area contributed by atoms with Gasteiger partial charge in [-0.1, -0.05) is 13.8 Å². The third kappa shape index (κ3) is 4.81. The van der Waals surface area contributed by atoms with Crippen LogP contribution in [0.25, 0.3) is 0 Å². The van der Waals surface area contributed by atoms with Gasteiger partial charge in [0.15, 0.2) is 0 Å². The lowest BCUT2D eigenvalue weighted by atomic mass is 9.90. The maximum atomic E-state index is 12.4. The molecule has 0 saturated carbocycles. The molecule has 1 fully saturated rings. The average molecular weight is 346 g/mol. The summed E-state index contributed by atoms with van der Waals surface area (Å²) < 4.78 is 0. The molecule has 0 unspecified atom stereocenters. The van der Waals surface area contributed by atoms with Crippen molar-refractivity contribution in [2.75, 3.05) is 18.0 Å². The number of carbonyl (C=O) groups is 3. The Labute approximate surface area is 148 Å². The van der Waals surface area contributed by atoms with E-state index in [-0.39, 0.29) is 11.7 Å². The van der Waals surface area contributed by atoms with Gasteiger partial charge in [-0.25, -0.2) is 4.79 Å². The summed E-state index contributed by atoms with van der Waals surface area (Å²) in [7, 11) is 0. The van der Waals surface area contributed by atoms with Crippen LogP contribution in [-0.2, 0) is 9.59 Å². The number of amides is 1. The van der Waals surface area contributed by atoms with Crippen LogP contribution in [0.2, 0.25) is 0 Å². The van der Waals surface area contributed by atoms with E-state index in [9.17, 15) is 19.5 Å². The van der Waals surface area contributed by atoms with Crippen LogP contribution >= 0.6 is 0 Å². The zero-order chi connectivity index (χ0) is 18.6. The average Bonchev–Trinajstić information content (AvgIpc) is 2.54. The third-order valence-electron chi connectivity index (χ3n) is 4.49. The molecule has 6 nitrogen and oxygen atoms in total. The Kier molecular flexibility index (Phi) is 5.82. The highest BCUT2D eigenvalue weighted by molar-refractivity contribution is 5.98. The summed E-state index contributed by atoms with van der Waals surface area (Å²) in [6.07, 6.45) is 1.46. The molecule has 0 radical (unpaired) electrons. The number of benzene rings is 1. The standard InChI is InChI=1S/C19H26N2O4/c1-13(2)12-19(3,18(24)25)20-17(23)14-4-6-15(7-5-14)21-10-8-16(22)9-11-21/h4-7,13H,8-12H2,1-3H3,(H,20,23)(H,24,25)/t19-/m0/s1. The minimum absolute atomic E-state index is 0.144. The Morgan fingerprint density at radius 1 is 1.20 bits per heavy atom. The first-order chi connectivity index (χ1) is 11.7. The number of hydrogen-bond acceptors (Lipinski definition) is 4. The molecule has 1 heterocycles. The summed E-state index contributed by atoms with van der Waals surface area (Å²) in [6.45, 7) is 6.76. The second-order valence-corrected chi connectivity index (χ2v) is 7.26. The summed E-state index contributed by atoms with van der Waals surface area (Å²) in [5.74, 6) is -1.01. The first-order valence-electron chi connectivity index (χ1n) is 8.64. The van der Waals surface area contributed by atoms with Gasteiger partial charge in [-0.15, -0.1) is 0 Å². The molecule has 2 rings (SSSR count). The van der Waals surface area contributed by atoms with E-state index >= 15 is 0 Å². The van der Waals surface area contributed by atoms with Crippen LogP contribution in [-0.4, -0.2) is 41.4 Å². The van der Waals surface area contributed by atoms with Gasteiger partial charge in [0.2, 0.25) is 0 Å². The fraction of sp³-hybridized carbons (Fsp3) is 0.526. The monoisotopic (exact) mass is 346 g/mol. The Hall–Kier alpha value is -2.37. The second-order valence-electron chi connectivity index (χ2n) is 7.26. The van der Waals surface area contributed by atoms with E-state index in [2.05, 4.69) is 10.2 Å². The van der Waals surface area contributed by atoms with E-state index in [1.54, 1.807) is 12.1 Å². The molecular weight excluding hydrogens is 320 g/mol. The van der Waals surface area contributed by atoms with Gasteiger partial charge >= 0.3 is 5.97 Å². The van der Waals surface area contributed by atoms with Crippen molar-refractivity contribution in [3.8, 4) is 0 Å². The number of rotatable bonds is 6. The molecule has 1 atom stereocenters. The fourth-order valence-electron chi connectivity index (χ4n) is 3.17. The number of carboxylic acids is 1. The predicted molar refractivity (Wildman–Crippen MR) is 95.9 cm³/mol. The number of piperidine rings is 1. The summed E-state index contributed by atoms with van der Waals surface area (Å²) in [5, 5.41) is 12.1. The fourth-order valence-corrected chi connectivity index (χ4v) is 3.17. The quantitative estimate of drug-likeness (QED) is 0.826. The number of nitrogens with zero attached hydrogens (tertiary/aromatic N) is 1. The van der Waals surface area contributed by atoms with Crippen molar-refractivity contribution in [2.45, 2.75) is 45.6 Å². The van der Waals surface area contributed by atoms with Crippen molar-refractivity contribution in [1.82, 2.24) is 5.32 Å². The van der Waals surface area contributed by atoms with E-state index in [1.165, 1.54) is 6.92 Å². The number of hydrogen-bond donors (Lipinski definition) is 2. The lowest BCUT2D eigenvalue weighted by Crippen LogP contribution is -2.53. The Morgan fingerprint density at radius 3 is 2.24 bits per heavy atom. The predicted octanol–water partition coefficient (Wildman–Crippen LogP) is 2.48. The van der Waals surface area contributed by atoms with Crippen LogP contribution < -0.4 is 10.2 Å². The maximum Gasteiger partial charge on any atom is 0.329 e. The van der Waals surface area contributed by atoms with Crippen LogP contribution in [0, 0.1) is 5.92 Å². The van der Waals surface area contributed by atoms with Crippen molar-refractivity contribution in [2.24, 2.45) is 5.92 Å². The summed E-state index contributed by atoms with van der Waals surface area (Å²) in [4.78, 5) is 37.4. The molecule has 1 saturated heterocycles. The number of Topliss-reactive ketones (excluding diaryl/α,β-unsaturated/α-hetero) is 1. The van der Waals surface area contributed by atoms with Gasteiger partial charge in [-0.05, 0) is 43.5 Å². The lowest BCUT2D eigenvalue weighted by molar-refractivity contribution is -0.144. The zero-order valence-corrected chi connectivity index (χ0v) is 15.0. The molecule has 25 heavy (non-hydrogen) atoms. The van der Waals surface area contributed by atoms with E-state index in [0.717, 1.165) is 5.69 Å². The molecule has 0 aliphatic carbocycles. The minimum atomic E-state index is -1.29. The Bertz CT molecular complexity index is 644.